The van der Waals surface area contributed by atoms with Gasteiger partial charge in [0, 0.05) is 10.6 Å². The highest BCUT2D eigenvalue weighted by molar-refractivity contribution is 6.37. The molecule has 0 saturated carbocycles. The van der Waals surface area contributed by atoms with Crippen molar-refractivity contribution >= 4 is 40.6 Å². The van der Waals surface area contributed by atoms with E-state index in [1.165, 1.54) is 0 Å². The van der Waals surface area contributed by atoms with Gasteiger partial charge in [-0.05, 0) is 24.6 Å². The Balaban J connectivity index is 2.60. The Kier molecular flexibility index (Phi) is 3.48. The molecule has 1 heterocycles. The fraction of sp³-hybridized carbons (Fsp3) is 0.0833. The van der Waals surface area contributed by atoms with E-state index in [0.29, 0.717) is 20.8 Å². The van der Waals surface area contributed by atoms with Crippen molar-refractivity contribution in [3.63, 3.8) is 0 Å². The maximum atomic E-state index is 6.08. The number of rotatable bonds is 1. The van der Waals surface area contributed by atoms with E-state index in [-0.39, 0.29) is 5.82 Å². The summed E-state index contributed by atoms with van der Waals surface area (Å²) in [5.41, 5.74) is 8.05. The van der Waals surface area contributed by atoms with Gasteiger partial charge in [0.25, 0.3) is 0 Å². The Morgan fingerprint density at radius 1 is 1.00 bits per heavy atom. The van der Waals surface area contributed by atoms with Crippen LogP contribution in [0.5, 0.6) is 0 Å². The molecule has 2 aromatic rings. The van der Waals surface area contributed by atoms with E-state index in [9.17, 15) is 0 Å². The summed E-state index contributed by atoms with van der Waals surface area (Å²) in [4.78, 5) is 4.17. The van der Waals surface area contributed by atoms with Gasteiger partial charge in [0.2, 0.25) is 0 Å². The number of pyridine rings is 1. The highest BCUT2D eigenvalue weighted by Gasteiger charge is 2.10. The van der Waals surface area contributed by atoms with Crippen LogP contribution in [0, 0.1) is 6.92 Å². The third-order valence-electron chi connectivity index (χ3n) is 2.40. The standard InChI is InChI=1S/C12H9Cl3N2/c1-6-2-3-7(4-8(6)13)11-9(14)5-10(15)12(16)17-11/h2-5H,1H3,(H2,16,17). The Morgan fingerprint density at radius 3 is 2.35 bits per heavy atom. The third-order valence-corrected chi connectivity index (χ3v) is 3.40. The van der Waals surface area contributed by atoms with Crippen molar-refractivity contribution in [3.05, 3.63) is 44.9 Å². The van der Waals surface area contributed by atoms with Gasteiger partial charge in [-0.3, -0.25) is 0 Å². The molecule has 2 nitrogen and oxygen atoms in total. The largest absolute Gasteiger partial charge is 0.382 e. The van der Waals surface area contributed by atoms with E-state index in [2.05, 4.69) is 4.98 Å². The second kappa shape index (κ2) is 4.73. The zero-order valence-electron chi connectivity index (χ0n) is 8.97. The van der Waals surface area contributed by atoms with E-state index >= 15 is 0 Å². The van der Waals surface area contributed by atoms with Crippen molar-refractivity contribution in [1.82, 2.24) is 4.98 Å². The summed E-state index contributed by atoms with van der Waals surface area (Å²) >= 11 is 18.0. The Bertz CT molecular complexity index is 582. The van der Waals surface area contributed by atoms with Crippen molar-refractivity contribution in [1.29, 1.82) is 0 Å². The third kappa shape index (κ3) is 2.49. The van der Waals surface area contributed by atoms with Crippen molar-refractivity contribution in [2.45, 2.75) is 6.92 Å². The number of nitrogens with zero attached hydrogens (tertiary/aromatic N) is 1. The zero-order chi connectivity index (χ0) is 12.6. The molecule has 0 unspecified atom stereocenters. The number of nitrogen functional groups attached to an aromatic ring is 1. The van der Waals surface area contributed by atoms with Crippen molar-refractivity contribution < 1.29 is 0 Å². The van der Waals surface area contributed by atoms with Crippen LogP contribution in [0.25, 0.3) is 11.3 Å². The number of hydrogen-bond acceptors (Lipinski definition) is 2. The predicted octanol–water partition coefficient (Wildman–Crippen LogP) is 4.60. The number of anilines is 1. The lowest BCUT2D eigenvalue weighted by Crippen LogP contribution is -1.94. The van der Waals surface area contributed by atoms with Crippen LogP contribution in [0.1, 0.15) is 5.56 Å². The van der Waals surface area contributed by atoms with Crippen LogP contribution < -0.4 is 5.73 Å². The predicted molar refractivity (Wildman–Crippen MR) is 73.9 cm³/mol. The highest BCUT2D eigenvalue weighted by atomic mass is 35.5. The monoisotopic (exact) mass is 286 g/mol. The van der Waals surface area contributed by atoms with E-state index < -0.39 is 0 Å². The fourth-order valence-corrected chi connectivity index (χ4v) is 2.07. The molecule has 1 aromatic carbocycles. The van der Waals surface area contributed by atoms with E-state index in [0.717, 1.165) is 11.1 Å². The highest BCUT2D eigenvalue weighted by Crippen LogP contribution is 2.32. The quantitative estimate of drug-likeness (QED) is 0.832. The minimum atomic E-state index is 0.253. The summed E-state index contributed by atoms with van der Waals surface area (Å²) in [6.45, 7) is 1.93. The van der Waals surface area contributed by atoms with Gasteiger partial charge in [-0.2, -0.15) is 0 Å². The molecule has 0 spiro atoms. The van der Waals surface area contributed by atoms with Crippen molar-refractivity contribution in [2.24, 2.45) is 0 Å². The number of hydrogen-bond donors (Lipinski definition) is 1. The molecule has 0 aliphatic heterocycles. The molecular weight excluding hydrogens is 279 g/mol. The SMILES string of the molecule is Cc1ccc(-c2nc(N)c(Cl)cc2Cl)cc1Cl. The maximum absolute atomic E-state index is 6.08. The van der Waals surface area contributed by atoms with Crippen LogP contribution in [-0.2, 0) is 0 Å². The first kappa shape index (κ1) is 12.5. The molecule has 17 heavy (non-hydrogen) atoms. The van der Waals surface area contributed by atoms with Crippen LogP contribution in [0.3, 0.4) is 0 Å². The molecule has 2 rings (SSSR count). The molecule has 1 aromatic heterocycles. The number of aromatic nitrogens is 1. The molecule has 2 N–H and O–H groups in total. The second-order valence-electron chi connectivity index (χ2n) is 3.65. The summed E-state index contributed by atoms with van der Waals surface area (Å²) < 4.78 is 0. The summed E-state index contributed by atoms with van der Waals surface area (Å²) in [6.07, 6.45) is 0. The molecule has 0 saturated heterocycles. The molecule has 0 amide bonds. The van der Waals surface area contributed by atoms with Gasteiger partial charge in [-0.1, -0.05) is 46.9 Å². The van der Waals surface area contributed by atoms with E-state index in [1.807, 2.05) is 19.1 Å². The molecule has 0 fully saturated rings. The van der Waals surface area contributed by atoms with Crippen LogP contribution in [-0.4, -0.2) is 4.98 Å². The van der Waals surface area contributed by atoms with Gasteiger partial charge in [0.05, 0.1) is 15.7 Å². The molecule has 0 aliphatic carbocycles. The van der Waals surface area contributed by atoms with Gasteiger partial charge in [0.15, 0.2) is 0 Å². The number of halogens is 3. The van der Waals surface area contributed by atoms with Gasteiger partial charge in [-0.15, -0.1) is 0 Å². The topological polar surface area (TPSA) is 38.9 Å². The number of nitrogens with two attached hydrogens (primary N) is 1. The molecule has 88 valence electrons. The summed E-state index contributed by atoms with van der Waals surface area (Å²) in [7, 11) is 0. The summed E-state index contributed by atoms with van der Waals surface area (Å²) in [6, 6.07) is 7.18. The van der Waals surface area contributed by atoms with Crippen LogP contribution in [0.2, 0.25) is 15.1 Å². The summed E-state index contributed by atoms with van der Waals surface area (Å²) in [5.74, 6) is 0.253. The van der Waals surface area contributed by atoms with Crippen LogP contribution in [0.4, 0.5) is 5.82 Å². The van der Waals surface area contributed by atoms with Crippen LogP contribution in [0.15, 0.2) is 24.3 Å². The van der Waals surface area contributed by atoms with E-state index in [4.69, 9.17) is 40.5 Å². The smallest absolute Gasteiger partial charge is 0.143 e. The lowest BCUT2D eigenvalue weighted by atomic mass is 10.1. The van der Waals surface area contributed by atoms with Crippen LogP contribution >= 0.6 is 34.8 Å². The van der Waals surface area contributed by atoms with Gasteiger partial charge in [-0.25, -0.2) is 4.98 Å². The first-order chi connectivity index (χ1) is 7.99. The molecule has 0 aliphatic rings. The maximum Gasteiger partial charge on any atom is 0.143 e. The first-order valence-electron chi connectivity index (χ1n) is 4.87. The van der Waals surface area contributed by atoms with Gasteiger partial charge >= 0.3 is 0 Å². The Morgan fingerprint density at radius 2 is 1.71 bits per heavy atom. The first-order valence-corrected chi connectivity index (χ1v) is 6.00. The minimum Gasteiger partial charge on any atom is -0.382 e. The second-order valence-corrected chi connectivity index (χ2v) is 4.87. The Labute approximate surface area is 114 Å². The van der Waals surface area contributed by atoms with Gasteiger partial charge in [0.1, 0.15) is 5.82 Å². The van der Waals surface area contributed by atoms with E-state index in [1.54, 1.807) is 12.1 Å². The average Bonchev–Trinajstić information content (AvgIpc) is 2.27. The summed E-state index contributed by atoms with van der Waals surface area (Å²) in [5, 5.41) is 1.45. The minimum absolute atomic E-state index is 0.253. The molecule has 0 atom stereocenters. The van der Waals surface area contributed by atoms with Crippen molar-refractivity contribution in [3.8, 4) is 11.3 Å². The molecule has 5 heteroatoms. The lowest BCUT2D eigenvalue weighted by molar-refractivity contribution is 1.33. The Hall–Kier alpha value is -0.960. The van der Waals surface area contributed by atoms with Gasteiger partial charge < -0.3 is 5.73 Å². The average molecular weight is 288 g/mol. The zero-order valence-corrected chi connectivity index (χ0v) is 11.2. The molecule has 0 bridgehead atoms. The molecule has 0 radical (unpaired) electrons. The number of benzene rings is 1. The number of aryl methyl sites for hydroxylation is 1. The normalized spacial score (nSPS) is 10.6. The van der Waals surface area contributed by atoms with Crippen molar-refractivity contribution in [2.75, 3.05) is 5.73 Å². The fourth-order valence-electron chi connectivity index (χ4n) is 1.42. The molecular formula is C12H9Cl3N2. The lowest BCUT2D eigenvalue weighted by Gasteiger charge is -2.07.